The number of hydrogen-bond acceptors (Lipinski definition) is 3. The number of carbonyl (C=O) groups excluding carboxylic acids is 2. The van der Waals surface area contributed by atoms with Crippen molar-refractivity contribution >= 4 is 17.5 Å². The minimum absolute atomic E-state index is 0.160. The normalized spacial score (nSPS) is 14.9. The summed E-state index contributed by atoms with van der Waals surface area (Å²) in [5.41, 5.74) is 3.09. The molecule has 22 heavy (non-hydrogen) atoms. The van der Waals surface area contributed by atoms with Crippen LogP contribution in [0, 0.1) is 12.8 Å². The van der Waals surface area contributed by atoms with Crippen LogP contribution in [-0.4, -0.2) is 36.1 Å². The van der Waals surface area contributed by atoms with Crippen LogP contribution in [0.5, 0.6) is 0 Å². The highest BCUT2D eigenvalue weighted by Gasteiger charge is 2.30. The van der Waals surface area contributed by atoms with Crippen LogP contribution in [0.15, 0.2) is 18.2 Å². The number of fused-ring (bicyclic) bond motifs is 1. The Balaban J connectivity index is 2.07. The summed E-state index contributed by atoms with van der Waals surface area (Å²) in [5.74, 6) is -0.858. The molecular weight excluding hydrogens is 280 g/mol. The van der Waals surface area contributed by atoms with Crippen molar-refractivity contribution in [3.8, 4) is 0 Å². The van der Waals surface area contributed by atoms with E-state index in [1.165, 1.54) is 4.90 Å². The summed E-state index contributed by atoms with van der Waals surface area (Å²) in [6.07, 6.45) is 1.42. The molecule has 1 aromatic rings. The second kappa shape index (κ2) is 6.92. The lowest BCUT2D eigenvalue weighted by molar-refractivity contribution is -0.138. The molecule has 0 spiro atoms. The van der Waals surface area contributed by atoms with Gasteiger partial charge in [0.25, 0.3) is 0 Å². The molecule has 0 bridgehead atoms. The van der Waals surface area contributed by atoms with Gasteiger partial charge in [-0.2, -0.15) is 0 Å². The lowest BCUT2D eigenvalue weighted by Crippen LogP contribution is -2.47. The maximum Gasteiger partial charge on any atom is 0.316 e. The first-order valence-electron chi connectivity index (χ1n) is 7.75. The topological polar surface area (TPSA) is 69.6 Å². The van der Waals surface area contributed by atoms with E-state index in [0.29, 0.717) is 18.9 Å². The van der Waals surface area contributed by atoms with Crippen molar-refractivity contribution in [3.05, 3.63) is 29.3 Å². The number of rotatable bonds is 4. The van der Waals surface area contributed by atoms with Gasteiger partial charge < -0.3 is 15.3 Å². The molecule has 2 rings (SSSR count). The number of nitrogens with one attached hydrogen (secondary N) is 1. The van der Waals surface area contributed by atoms with Crippen molar-refractivity contribution in [2.75, 3.05) is 18.1 Å². The first-order valence-corrected chi connectivity index (χ1v) is 7.75. The molecule has 5 heteroatoms. The molecule has 2 N–H and O–H groups in total. The fourth-order valence-electron chi connectivity index (χ4n) is 2.94. The Morgan fingerprint density at radius 2 is 2.09 bits per heavy atom. The fraction of sp³-hybridized carbons (Fsp3) is 0.529. The van der Waals surface area contributed by atoms with Crippen LogP contribution in [0.1, 0.15) is 31.4 Å². The third kappa shape index (κ3) is 3.47. The molecule has 1 atom stereocenters. The van der Waals surface area contributed by atoms with Crippen LogP contribution < -0.4 is 10.2 Å². The maximum absolute atomic E-state index is 12.4. The lowest BCUT2D eigenvalue weighted by Gasteiger charge is -2.21. The summed E-state index contributed by atoms with van der Waals surface area (Å²) < 4.78 is 0. The molecule has 1 heterocycles. The van der Waals surface area contributed by atoms with Gasteiger partial charge in [-0.15, -0.1) is 0 Å². The molecule has 0 saturated heterocycles. The number of benzene rings is 1. The largest absolute Gasteiger partial charge is 0.394 e. The Morgan fingerprint density at radius 3 is 2.73 bits per heavy atom. The van der Waals surface area contributed by atoms with Crippen LogP contribution in [0.4, 0.5) is 5.69 Å². The van der Waals surface area contributed by atoms with Gasteiger partial charge in [-0.3, -0.25) is 9.59 Å². The van der Waals surface area contributed by atoms with Crippen LogP contribution >= 0.6 is 0 Å². The summed E-state index contributed by atoms with van der Waals surface area (Å²) >= 11 is 0. The fourth-order valence-corrected chi connectivity index (χ4v) is 2.94. The third-order valence-electron chi connectivity index (χ3n) is 4.01. The zero-order chi connectivity index (χ0) is 16.3. The summed E-state index contributed by atoms with van der Waals surface area (Å²) in [6, 6.07) is 5.40. The molecule has 0 fully saturated rings. The predicted molar refractivity (Wildman–Crippen MR) is 85.7 cm³/mol. The highest BCUT2D eigenvalue weighted by molar-refractivity contribution is 6.40. The van der Waals surface area contributed by atoms with Crippen molar-refractivity contribution < 1.29 is 14.7 Å². The zero-order valence-corrected chi connectivity index (χ0v) is 13.4. The van der Waals surface area contributed by atoms with Crippen molar-refractivity contribution in [3.63, 3.8) is 0 Å². The number of amides is 2. The van der Waals surface area contributed by atoms with Gasteiger partial charge in [-0.05, 0) is 42.9 Å². The smallest absolute Gasteiger partial charge is 0.316 e. The average Bonchev–Trinajstić information content (AvgIpc) is 2.90. The highest BCUT2D eigenvalue weighted by atomic mass is 16.3. The summed E-state index contributed by atoms with van der Waals surface area (Å²) in [5, 5.41) is 12.0. The predicted octanol–water partition coefficient (Wildman–Crippen LogP) is 1.41. The van der Waals surface area contributed by atoms with Gasteiger partial charge in [-0.25, -0.2) is 0 Å². The van der Waals surface area contributed by atoms with Crippen molar-refractivity contribution in [2.24, 2.45) is 5.92 Å². The van der Waals surface area contributed by atoms with E-state index in [2.05, 4.69) is 5.32 Å². The van der Waals surface area contributed by atoms with Gasteiger partial charge in [0.2, 0.25) is 0 Å². The number of carbonyl (C=O) groups is 2. The molecule has 0 aliphatic carbocycles. The molecule has 2 amide bonds. The summed E-state index contributed by atoms with van der Waals surface area (Å²) in [6.45, 7) is 6.40. The van der Waals surface area contributed by atoms with E-state index in [4.69, 9.17) is 0 Å². The number of hydrogen-bond donors (Lipinski definition) is 2. The standard InChI is InChI=1S/C17H24N2O3/c1-11(2)9-13(10-20)18-16(21)17(22)19-8-7-14-12(3)5-4-6-15(14)19/h4-6,11,13,20H,7-10H2,1-3H3,(H,18,21). The van der Waals surface area contributed by atoms with Gasteiger partial charge in [0, 0.05) is 12.2 Å². The van der Waals surface area contributed by atoms with Crippen LogP contribution in [-0.2, 0) is 16.0 Å². The Kier molecular flexibility index (Phi) is 5.19. The van der Waals surface area contributed by atoms with E-state index in [1.807, 2.05) is 39.0 Å². The molecular formula is C17H24N2O3. The second-order valence-electron chi connectivity index (χ2n) is 6.26. The molecule has 0 saturated carbocycles. The number of anilines is 1. The van der Waals surface area contributed by atoms with Crippen molar-refractivity contribution in [1.82, 2.24) is 5.32 Å². The molecule has 120 valence electrons. The van der Waals surface area contributed by atoms with E-state index >= 15 is 0 Å². The molecule has 5 nitrogen and oxygen atoms in total. The Hall–Kier alpha value is -1.88. The molecule has 1 unspecified atom stereocenters. The first kappa shape index (κ1) is 16.5. The van der Waals surface area contributed by atoms with Crippen molar-refractivity contribution in [1.29, 1.82) is 0 Å². The second-order valence-corrected chi connectivity index (χ2v) is 6.26. The molecule has 0 aromatic heterocycles. The number of aliphatic hydroxyl groups excluding tert-OH is 1. The Morgan fingerprint density at radius 1 is 1.36 bits per heavy atom. The van der Waals surface area contributed by atoms with Gasteiger partial charge in [0.1, 0.15) is 0 Å². The molecule has 0 radical (unpaired) electrons. The zero-order valence-electron chi connectivity index (χ0n) is 13.4. The minimum atomic E-state index is -0.644. The molecule has 1 aromatic carbocycles. The maximum atomic E-state index is 12.4. The lowest BCUT2D eigenvalue weighted by atomic mass is 10.0. The number of aryl methyl sites for hydroxylation is 1. The number of nitrogens with zero attached hydrogens (tertiary/aromatic N) is 1. The van der Waals surface area contributed by atoms with E-state index in [-0.39, 0.29) is 12.6 Å². The van der Waals surface area contributed by atoms with Crippen LogP contribution in [0.3, 0.4) is 0 Å². The van der Waals surface area contributed by atoms with Crippen molar-refractivity contribution in [2.45, 2.75) is 39.7 Å². The third-order valence-corrected chi connectivity index (χ3v) is 4.01. The van der Waals surface area contributed by atoms with Gasteiger partial charge in [-0.1, -0.05) is 26.0 Å². The summed E-state index contributed by atoms with van der Waals surface area (Å²) in [7, 11) is 0. The monoisotopic (exact) mass is 304 g/mol. The minimum Gasteiger partial charge on any atom is -0.394 e. The highest BCUT2D eigenvalue weighted by Crippen LogP contribution is 2.30. The van der Waals surface area contributed by atoms with Gasteiger partial charge in [0.15, 0.2) is 0 Å². The Bertz CT molecular complexity index is 569. The molecule has 1 aliphatic heterocycles. The Labute approximate surface area is 131 Å². The van der Waals surface area contributed by atoms with E-state index < -0.39 is 11.8 Å². The average molecular weight is 304 g/mol. The van der Waals surface area contributed by atoms with Gasteiger partial charge in [0.05, 0.1) is 12.6 Å². The number of aliphatic hydroxyl groups is 1. The van der Waals surface area contributed by atoms with E-state index in [1.54, 1.807) is 0 Å². The van der Waals surface area contributed by atoms with E-state index in [9.17, 15) is 14.7 Å². The summed E-state index contributed by atoms with van der Waals surface area (Å²) in [4.78, 5) is 26.1. The first-order chi connectivity index (χ1) is 10.4. The van der Waals surface area contributed by atoms with Crippen LogP contribution in [0.25, 0.3) is 0 Å². The van der Waals surface area contributed by atoms with Crippen LogP contribution in [0.2, 0.25) is 0 Å². The van der Waals surface area contributed by atoms with E-state index in [0.717, 1.165) is 23.2 Å². The SMILES string of the molecule is Cc1cccc2c1CCN2C(=O)C(=O)NC(CO)CC(C)C. The molecule has 1 aliphatic rings. The quantitative estimate of drug-likeness (QED) is 0.826. The van der Waals surface area contributed by atoms with Gasteiger partial charge >= 0.3 is 11.8 Å².